The molecule has 2 aromatic carbocycles. The smallest absolute Gasteiger partial charge is 0.246 e. The number of aliphatic imine (C=N–C) groups is 1. The van der Waals surface area contributed by atoms with E-state index in [0.717, 1.165) is 35.5 Å². The first-order valence-corrected chi connectivity index (χ1v) is 10.6. The summed E-state index contributed by atoms with van der Waals surface area (Å²) < 4.78 is 5.98. The highest BCUT2D eigenvalue weighted by molar-refractivity contribution is 6.05. The first-order chi connectivity index (χ1) is 15.1. The molecule has 3 aliphatic heterocycles. The predicted octanol–water partition coefficient (Wildman–Crippen LogP) is 1.38. The second kappa shape index (κ2) is 8.03. The molecule has 2 atom stereocenters. The summed E-state index contributed by atoms with van der Waals surface area (Å²) in [5.74, 6) is 0.606. The molecule has 8 heteroatoms. The van der Waals surface area contributed by atoms with Crippen LogP contribution in [-0.2, 0) is 22.6 Å². The molecule has 0 spiro atoms. The number of guanidine groups is 1. The number of nitrogens with one attached hydrogen (secondary N) is 2. The van der Waals surface area contributed by atoms with Crippen molar-refractivity contribution in [1.29, 1.82) is 0 Å². The molecular weight excluding hydrogens is 394 g/mol. The summed E-state index contributed by atoms with van der Waals surface area (Å²) in [6, 6.07) is 13.8. The maximum Gasteiger partial charge on any atom is 0.246 e. The van der Waals surface area contributed by atoms with Crippen LogP contribution in [0.1, 0.15) is 29.2 Å². The van der Waals surface area contributed by atoms with E-state index in [1.165, 1.54) is 5.56 Å². The Labute approximate surface area is 180 Å². The molecule has 3 heterocycles. The third kappa shape index (κ3) is 3.86. The van der Waals surface area contributed by atoms with E-state index in [4.69, 9.17) is 10.5 Å². The quantitative estimate of drug-likeness (QED) is 0.655. The van der Waals surface area contributed by atoms with Gasteiger partial charge in [0.05, 0.1) is 18.2 Å². The molecule has 2 unspecified atom stereocenters. The molecule has 3 aliphatic rings. The molecule has 2 aromatic rings. The SMILES string of the molecule is NC(=O)C(CCOc1ccc2c(c1)CN1CC(=O)NC1=N2)C1NCCc2ccccc21. The summed E-state index contributed by atoms with van der Waals surface area (Å²) in [5.41, 5.74) is 10.0. The lowest BCUT2D eigenvalue weighted by Gasteiger charge is -2.32. The monoisotopic (exact) mass is 419 g/mol. The summed E-state index contributed by atoms with van der Waals surface area (Å²) in [6.07, 6.45) is 1.47. The van der Waals surface area contributed by atoms with Gasteiger partial charge in [0.25, 0.3) is 0 Å². The first-order valence-electron chi connectivity index (χ1n) is 10.6. The van der Waals surface area contributed by atoms with E-state index in [0.29, 0.717) is 32.1 Å². The van der Waals surface area contributed by atoms with Crippen molar-refractivity contribution in [3.63, 3.8) is 0 Å². The third-order valence-corrected chi connectivity index (χ3v) is 6.14. The van der Waals surface area contributed by atoms with E-state index in [-0.39, 0.29) is 23.8 Å². The molecule has 0 saturated carbocycles. The fourth-order valence-electron chi connectivity index (χ4n) is 4.60. The van der Waals surface area contributed by atoms with Gasteiger partial charge in [0, 0.05) is 18.2 Å². The molecule has 31 heavy (non-hydrogen) atoms. The van der Waals surface area contributed by atoms with Crippen LogP contribution in [0.2, 0.25) is 0 Å². The second-order valence-electron chi connectivity index (χ2n) is 8.16. The van der Waals surface area contributed by atoms with Crippen molar-refractivity contribution in [1.82, 2.24) is 15.5 Å². The molecule has 1 fully saturated rings. The molecule has 8 nitrogen and oxygen atoms in total. The topological polar surface area (TPSA) is 109 Å². The minimum absolute atomic E-state index is 0.0431. The summed E-state index contributed by atoms with van der Waals surface area (Å²) in [7, 11) is 0. The minimum Gasteiger partial charge on any atom is -0.494 e. The molecule has 1 saturated heterocycles. The first kappa shape index (κ1) is 19.6. The molecule has 2 amide bonds. The largest absolute Gasteiger partial charge is 0.494 e. The number of hydrogen-bond donors (Lipinski definition) is 3. The van der Waals surface area contributed by atoms with Gasteiger partial charge < -0.3 is 20.7 Å². The number of fused-ring (bicyclic) bond motifs is 3. The van der Waals surface area contributed by atoms with E-state index in [9.17, 15) is 9.59 Å². The lowest BCUT2D eigenvalue weighted by molar-refractivity contribution is -0.123. The molecular formula is C23H25N5O3. The number of carbonyl (C=O) groups is 2. The average molecular weight is 419 g/mol. The molecule has 0 bridgehead atoms. The number of hydrogen-bond acceptors (Lipinski definition) is 6. The maximum atomic E-state index is 12.2. The molecule has 0 aliphatic carbocycles. The van der Waals surface area contributed by atoms with Crippen LogP contribution in [0.4, 0.5) is 5.69 Å². The van der Waals surface area contributed by atoms with Gasteiger partial charge in [-0.15, -0.1) is 0 Å². The number of nitrogens with zero attached hydrogens (tertiary/aromatic N) is 2. The van der Waals surface area contributed by atoms with Crippen LogP contribution in [-0.4, -0.2) is 42.4 Å². The number of benzene rings is 2. The van der Waals surface area contributed by atoms with Gasteiger partial charge in [0.1, 0.15) is 12.3 Å². The van der Waals surface area contributed by atoms with Crippen LogP contribution in [0.15, 0.2) is 47.5 Å². The molecule has 5 rings (SSSR count). The van der Waals surface area contributed by atoms with Crippen molar-refractivity contribution >= 4 is 23.5 Å². The van der Waals surface area contributed by atoms with Crippen LogP contribution in [0.3, 0.4) is 0 Å². The Hall–Kier alpha value is -3.39. The van der Waals surface area contributed by atoms with E-state index in [1.54, 1.807) is 0 Å². The predicted molar refractivity (Wildman–Crippen MR) is 116 cm³/mol. The van der Waals surface area contributed by atoms with Gasteiger partial charge in [-0.25, -0.2) is 4.99 Å². The zero-order valence-electron chi connectivity index (χ0n) is 17.1. The Kier molecular flexibility index (Phi) is 5.07. The number of primary amides is 1. The number of amides is 2. The van der Waals surface area contributed by atoms with Gasteiger partial charge in [-0.2, -0.15) is 0 Å². The Bertz CT molecular complexity index is 1070. The third-order valence-electron chi connectivity index (χ3n) is 6.14. The van der Waals surface area contributed by atoms with Crippen LogP contribution in [0.25, 0.3) is 0 Å². The standard InChI is InChI=1S/C23H25N5O3/c24-22(30)18(21-17-4-2-1-3-14(17)7-9-25-21)8-10-31-16-5-6-19-15(11-16)12-28-13-20(29)27-23(28)26-19/h1-6,11,18,21,25H,7-10,12-13H2,(H2,24,30)(H,26,27,29). The molecule has 0 radical (unpaired) electrons. The fourth-order valence-corrected chi connectivity index (χ4v) is 4.60. The van der Waals surface area contributed by atoms with Crippen LogP contribution >= 0.6 is 0 Å². The van der Waals surface area contributed by atoms with Crippen LogP contribution < -0.4 is 21.1 Å². The summed E-state index contributed by atoms with van der Waals surface area (Å²) in [4.78, 5) is 30.2. The highest BCUT2D eigenvalue weighted by Crippen LogP contribution is 2.32. The maximum absolute atomic E-state index is 12.2. The van der Waals surface area contributed by atoms with Crippen molar-refractivity contribution in [2.24, 2.45) is 16.6 Å². The zero-order chi connectivity index (χ0) is 21.4. The molecule has 160 valence electrons. The Morgan fingerprint density at radius 1 is 1.23 bits per heavy atom. The number of rotatable bonds is 6. The van der Waals surface area contributed by atoms with Gasteiger partial charge >= 0.3 is 0 Å². The zero-order valence-corrected chi connectivity index (χ0v) is 17.1. The van der Waals surface area contributed by atoms with Crippen molar-refractivity contribution in [2.45, 2.75) is 25.4 Å². The fraction of sp³-hybridized carbons (Fsp3) is 0.348. The van der Waals surface area contributed by atoms with Gasteiger partial charge in [0.2, 0.25) is 17.8 Å². The Balaban J connectivity index is 1.25. The normalized spacial score (nSPS) is 20.1. The Morgan fingerprint density at radius 2 is 2.10 bits per heavy atom. The highest BCUT2D eigenvalue weighted by Gasteiger charge is 2.31. The summed E-state index contributed by atoms with van der Waals surface area (Å²) >= 11 is 0. The van der Waals surface area contributed by atoms with Crippen LogP contribution in [0, 0.1) is 5.92 Å². The highest BCUT2D eigenvalue weighted by atomic mass is 16.5. The number of ether oxygens (including phenoxy) is 1. The minimum atomic E-state index is -0.354. The van der Waals surface area contributed by atoms with Crippen molar-refractivity contribution in [3.8, 4) is 5.75 Å². The van der Waals surface area contributed by atoms with Gasteiger partial charge in [-0.3, -0.25) is 14.9 Å². The Morgan fingerprint density at radius 3 is 2.97 bits per heavy atom. The number of carbonyl (C=O) groups excluding carboxylic acids is 2. The summed E-state index contributed by atoms with van der Waals surface area (Å²) in [5, 5.41) is 6.22. The van der Waals surface area contributed by atoms with E-state index in [1.807, 2.05) is 35.2 Å². The number of nitrogens with two attached hydrogens (primary N) is 1. The van der Waals surface area contributed by atoms with E-state index >= 15 is 0 Å². The van der Waals surface area contributed by atoms with Crippen LogP contribution in [0.5, 0.6) is 5.75 Å². The lowest BCUT2D eigenvalue weighted by atomic mass is 9.84. The molecule has 4 N–H and O–H groups in total. The lowest BCUT2D eigenvalue weighted by Crippen LogP contribution is -2.41. The average Bonchev–Trinajstić information content (AvgIpc) is 3.13. The summed E-state index contributed by atoms with van der Waals surface area (Å²) in [6.45, 7) is 2.13. The van der Waals surface area contributed by atoms with Crippen molar-refractivity contribution in [3.05, 3.63) is 59.2 Å². The van der Waals surface area contributed by atoms with Gasteiger partial charge in [-0.1, -0.05) is 24.3 Å². The van der Waals surface area contributed by atoms with E-state index < -0.39 is 0 Å². The van der Waals surface area contributed by atoms with Gasteiger partial charge in [-0.05, 0) is 48.7 Å². The van der Waals surface area contributed by atoms with E-state index in [2.05, 4.69) is 27.8 Å². The van der Waals surface area contributed by atoms with Crippen molar-refractivity contribution in [2.75, 3.05) is 19.7 Å². The molecule has 0 aromatic heterocycles. The van der Waals surface area contributed by atoms with Gasteiger partial charge in [0.15, 0.2) is 0 Å². The van der Waals surface area contributed by atoms with Crippen molar-refractivity contribution < 1.29 is 14.3 Å². The second-order valence-corrected chi connectivity index (χ2v) is 8.16.